The molecular weight excluding hydrogens is 254 g/mol. The van der Waals surface area contributed by atoms with Gasteiger partial charge in [-0.15, -0.1) is 0 Å². The molecule has 3 N–H and O–H groups in total. The van der Waals surface area contributed by atoms with Gasteiger partial charge in [-0.1, -0.05) is 12.8 Å². The van der Waals surface area contributed by atoms with Crippen molar-refractivity contribution in [1.82, 2.24) is 9.80 Å². The molecule has 2 rings (SSSR count). The minimum absolute atomic E-state index is 0.206. The summed E-state index contributed by atoms with van der Waals surface area (Å²) in [6.45, 7) is 7.50. The molecule has 0 radical (unpaired) electrons. The summed E-state index contributed by atoms with van der Waals surface area (Å²) in [5, 5.41) is 9.83. The highest BCUT2D eigenvalue weighted by atomic mass is 16.3. The molecule has 0 atom stereocenters. The highest BCUT2D eigenvalue weighted by molar-refractivity contribution is 5.77. The molecule has 0 unspecified atom stereocenters. The number of hydrogen-bond donors (Lipinski definition) is 2. The highest BCUT2D eigenvalue weighted by Gasteiger charge is 2.34. The molecule has 1 aliphatic carbocycles. The molecule has 1 saturated carbocycles. The Labute approximate surface area is 122 Å². The minimum Gasteiger partial charge on any atom is -0.389 e. The zero-order valence-electron chi connectivity index (χ0n) is 12.9. The Balaban J connectivity index is 1.77. The van der Waals surface area contributed by atoms with Gasteiger partial charge in [-0.05, 0) is 26.7 Å². The van der Waals surface area contributed by atoms with Crippen molar-refractivity contribution in [3.8, 4) is 0 Å². The van der Waals surface area contributed by atoms with E-state index in [4.69, 9.17) is 5.73 Å². The van der Waals surface area contributed by atoms with E-state index in [1.54, 1.807) is 0 Å². The zero-order chi connectivity index (χ0) is 14.8. The van der Waals surface area contributed by atoms with Gasteiger partial charge in [0.15, 0.2) is 0 Å². The summed E-state index contributed by atoms with van der Waals surface area (Å²) in [6.07, 6.45) is 4.78. The normalized spacial score (nSPS) is 24.1. The lowest BCUT2D eigenvalue weighted by Gasteiger charge is -2.38. The van der Waals surface area contributed by atoms with Crippen molar-refractivity contribution in [1.29, 1.82) is 0 Å². The first kappa shape index (κ1) is 15.7. The Morgan fingerprint density at radius 2 is 1.75 bits per heavy atom. The molecule has 0 spiro atoms. The number of hydrogen-bond acceptors (Lipinski definition) is 4. The molecule has 1 amide bonds. The lowest BCUT2D eigenvalue weighted by atomic mass is 9.94. The van der Waals surface area contributed by atoms with Gasteiger partial charge in [-0.25, -0.2) is 0 Å². The molecule has 5 nitrogen and oxygen atoms in total. The van der Waals surface area contributed by atoms with Gasteiger partial charge in [-0.3, -0.25) is 9.69 Å². The van der Waals surface area contributed by atoms with E-state index in [1.165, 1.54) is 0 Å². The van der Waals surface area contributed by atoms with E-state index in [0.29, 0.717) is 13.0 Å². The van der Waals surface area contributed by atoms with Gasteiger partial charge in [0.1, 0.15) is 0 Å². The maximum absolute atomic E-state index is 12.3. The average molecular weight is 283 g/mol. The second kappa shape index (κ2) is 6.00. The quantitative estimate of drug-likeness (QED) is 0.791. The number of aliphatic hydroxyl groups is 1. The summed E-state index contributed by atoms with van der Waals surface area (Å²) in [4.78, 5) is 16.5. The number of carbonyl (C=O) groups is 1. The third kappa shape index (κ3) is 4.43. The Morgan fingerprint density at radius 3 is 2.25 bits per heavy atom. The second-order valence-corrected chi connectivity index (χ2v) is 7.22. The van der Waals surface area contributed by atoms with Crippen LogP contribution in [0.3, 0.4) is 0 Å². The molecule has 0 bridgehead atoms. The lowest BCUT2D eigenvalue weighted by Crippen LogP contribution is -2.53. The third-order valence-corrected chi connectivity index (χ3v) is 4.44. The second-order valence-electron chi connectivity index (χ2n) is 7.22. The fraction of sp³-hybridized carbons (Fsp3) is 0.933. The summed E-state index contributed by atoms with van der Waals surface area (Å²) in [5.74, 6) is 0.206. The molecule has 0 aromatic carbocycles. The van der Waals surface area contributed by atoms with Gasteiger partial charge < -0.3 is 15.7 Å². The van der Waals surface area contributed by atoms with E-state index in [-0.39, 0.29) is 11.4 Å². The fourth-order valence-electron chi connectivity index (χ4n) is 3.37. The Bertz CT molecular complexity index is 338. The van der Waals surface area contributed by atoms with Crippen LogP contribution in [0.15, 0.2) is 0 Å². The third-order valence-electron chi connectivity index (χ3n) is 4.44. The number of β-amino-alcohol motifs (C(OH)–C–C–N with tert-alkyl or cyclic N) is 1. The van der Waals surface area contributed by atoms with E-state index in [1.807, 2.05) is 18.7 Å². The Morgan fingerprint density at radius 1 is 1.20 bits per heavy atom. The summed E-state index contributed by atoms with van der Waals surface area (Å²) >= 11 is 0. The van der Waals surface area contributed by atoms with E-state index in [0.717, 1.165) is 51.9 Å². The van der Waals surface area contributed by atoms with Crippen LogP contribution in [-0.4, -0.2) is 64.7 Å². The molecule has 116 valence electrons. The molecule has 2 aliphatic rings. The number of piperazine rings is 1. The molecule has 5 heteroatoms. The largest absolute Gasteiger partial charge is 0.389 e. The standard InChI is InChI=1S/C15H29N3O2/c1-14(2,20)12-17-7-9-18(10-8-17)13(19)11-15(16)5-3-4-6-15/h20H,3-12,16H2,1-2H3. The molecule has 2 fully saturated rings. The minimum atomic E-state index is -0.669. The monoisotopic (exact) mass is 283 g/mol. The van der Waals surface area contributed by atoms with Crippen molar-refractivity contribution >= 4 is 5.91 Å². The van der Waals surface area contributed by atoms with Crippen molar-refractivity contribution in [3.63, 3.8) is 0 Å². The van der Waals surface area contributed by atoms with Gasteiger partial charge in [-0.2, -0.15) is 0 Å². The van der Waals surface area contributed by atoms with Crippen molar-refractivity contribution in [2.75, 3.05) is 32.7 Å². The molecule has 20 heavy (non-hydrogen) atoms. The number of nitrogens with zero attached hydrogens (tertiary/aromatic N) is 2. The van der Waals surface area contributed by atoms with Crippen molar-refractivity contribution in [3.05, 3.63) is 0 Å². The first-order chi connectivity index (χ1) is 9.27. The van der Waals surface area contributed by atoms with Crippen LogP contribution in [0.25, 0.3) is 0 Å². The molecule has 0 aromatic rings. The first-order valence-corrected chi connectivity index (χ1v) is 7.79. The summed E-state index contributed by atoms with van der Waals surface area (Å²) in [5.41, 5.74) is 5.37. The van der Waals surface area contributed by atoms with Gasteiger partial charge >= 0.3 is 0 Å². The first-order valence-electron chi connectivity index (χ1n) is 7.79. The molecule has 1 aliphatic heterocycles. The van der Waals surface area contributed by atoms with Crippen molar-refractivity contribution in [2.24, 2.45) is 5.73 Å². The zero-order valence-corrected chi connectivity index (χ0v) is 12.9. The molecular formula is C15H29N3O2. The van der Waals surface area contributed by atoms with Gasteiger partial charge in [0.05, 0.1) is 5.60 Å². The number of nitrogens with two attached hydrogens (primary N) is 1. The van der Waals surface area contributed by atoms with Crippen LogP contribution in [0.5, 0.6) is 0 Å². The summed E-state index contributed by atoms with van der Waals surface area (Å²) in [7, 11) is 0. The Kier molecular flexibility index (Phi) is 4.72. The van der Waals surface area contributed by atoms with Crippen LogP contribution in [-0.2, 0) is 4.79 Å². The van der Waals surface area contributed by atoms with Crippen molar-refractivity contribution in [2.45, 2.75) is 57.1 Å². The van der Waals surface area contributed by atoms with Crippen LogP contribution in [0, 0.1) is 0 Å². The van der Waals surface area contributed by atoms with Crippen LogP contribution >= 0.6 is 0 Å². The maximum atomic E-state index is 12.3. The highest BCUT2D eigenvalue weighted by Crippen LogP contribution is 2.30. The van der Waals surface area contributed by atoms with Crippen molar-refractivity contribution < 1.29 is 9.90 Å². The van der Waals surface area contributed by atoms with E-state index >= 15 is 0 Å². The molecule has 1 saturated heterocycles. The summed E-state index contributed by atoms with van der Waals surface area (Å²) < 4.78 is 0. The molecule has 1 heterocycles. The van der Waals surface area contributed by atoms with Crippen LogP contribution in [0.2, 0.25) is 0 Å². The maximum Gasteiger partial charge on any atom is 0.224 e. The number of rotatable bonds is 4. The number of amides is 1. The topological polar surface area (TPSA) is 69.8 Å². The van der Waals surface area contributed by atoms with Crippen LogP contribution in [0.1, 0.15) is 46.0 Å². The SMILES string of the molecule is CC(C)(O)CN1CCN(C(=O)CC2(N)CCCC2)CC1. The predicted molar refractivity (Wildman–Crippen MR) is 79.3 cm³/mol. The van der Waals surface area contributed by atoms with E-state index in [9.17, 15) is 9.90 Å². The Hall–Kier alpha value is -0.650. The number of carbonyl (C=O) groups excluding carboxylic acids is 1. The van der Waals surface area contributed by atoms with E-state index < -0.39 is 5.60 Å². The smallest absolute Gasteiger partial charge is 0.224 e. The summed E-state index contributed by atoms with van der Waals surface area (Å²) in [6, 6.07) is 0. The van der Waals surface area contributed by atoms with Gasteiger partial charge in [0.25, 0.3) is 0 Å². The average Bonchev–Trinajstić information content (AvgIpc) is 2.74. The fourth-order valence-corrected chi connectivity index (χ4v) is 3.37. The molecule has 0 aromatic heterocycles. The lowest BCUT2D eigenvalue weighted by molar-refractivity contribution is -0.134. The predicted octanol–water partition coefficient (Wildman–Crippen LogP) is 0.563. The van der Waals surface area contributed by atoms with Crippen LogP contribution in [0.4, 0.5) is 0 Å². The van der Waals surface area contributed by atoms with Gasteiger partial charge in [0, 0.05) is 44.7 Å². The van der Waals surface area contributed by atoms with Crippen LogP contribution < -0.4 is 5.73 Å². The van der Waals surface area contributed by atoms with Gasteiger partial charge in [0.2, 0.25) is 5.91 Å². The van der Waals surface area contributed by atoms with E-state index in [2.05, 4.69) is 4.90 Å².